The molecule has 0 atom stereocenters. The van der Waals surface area contributed by atoms with E-state index in [1.807, 2.05) is 12.1 Å². The average Bonchev–Trinajstić information content (AvgIpc) is 2.47. The number of hydrogen-bond donors (Lipinski definition) is 2. The summed E-state index contributed by atoms with van der Waals surface area (Å²) in [4.78, 5) is 0. The number of rotatable bonds is 1. The van der Waals surface area contributed by atoms with Crippen LogP contribution in [0.5, 0.6) is 5.06 Å². The molecule has 0 amide bonds. The number of alkyl halides is 1. The summed E-state index contributed by atoms with van der Waals surface area (Å²) in [5.74, 6) is 0.401. The number of nitrogens with two attached hydrogens (primary N) is 1. The maximum atomic E-state index is 9.27. The molecule has 0 saturated carbocycles. The lowest BCUT2D eigenvalue weighted by Gasteiger charge is -2.01. The Morgan fingerprint density at radius 1 is 1.46 bits per heavy atom. The molecule has 2 aromatic rings. The second-order valence-electron chi connectivity index (χ2n) is 2.77. The van der Waals surface area contributed by atoms with Crippen molar-refractivity contribution in [2.24, 2.45) is 0 Å². The molecule has 1 aromatic heterocycles. The zero-order valence-corrected chi connectivity index (χ0v) is 8.32. The smallest absolute Gasteiger partial charge is 0.172 e. The lowest BCUT2D eigenvalue weighted by molar-refractivity contribution is 0.491. The predicted octanol–water partition coefficient (Wildman–Crippen LogP) is 2.93. The first-order valence-corrected chi connectivity index (χ1v) is 5.13. The predicted molar refractivity (Wildman–Crippen MR) is 57.5 cm³/mol. The van der Waals surface area contributed by atoms with Gasteiger partial charge in [0, 0.05) is 27.7 Å². The van der Waals surface area contributed by atoms with Crippen LogP contribution >= 0.6 is 22.9 Å². The summed E-state index contributed by atoms with van der Waals surface area (Å²) in [6, 6.07) is 5.49. The normalized spacial score (nSPS) is 10.8. The number of benzene rings is 1. The van der Waals surface area contributed by atoms with Crippen molar-refractivity contribution in [3.8, 4) is 5.06 Å². The fraction of sp³-hybridized carbons (Fsp3) is 0.111. The van der Waals surface area contributed by atoms with Crippen LogP contribution in [0.25, 0.3) is 10.1 Å². The summed E-state index contributed by atoms with van der Waals surface area (Å²) < 4.78 is 0.990. The highest BCUT2D eigenvalue weighted by molar-refractivity contribution is 7.20. The third-order valence-corrected chi connectivity index (χ3v) is 3.15. The molecular formula is C9H8ClNOS. The Bertz CT molecular complexity index is 452. The van der Waals surface area contributed by atoms with Crippen molar-refractivity contribution in [1.82, 2.24) is 0 Å². The first kappa shape index (κ1) is 8.66. The third-order valence-electron chi connectivity index (χ3n) is 1.96. The van der Waals surface area contributed by atoms with Crippen LogP contribution in [0.15, 0.2) is 18.2 Å². The Kier molecular flexibility index (Phi) is 2.06. The number of anilines is 1. The van der Waals surface area contributed by atoms with Gasteiger partial charge < -0.3 is 10.8 Å². The number of thiophene rings is 1. The van der Waals surface area contributed by atoms with E-state index < -0.39 is 0 Å². The van der Waals surface area contributed by atoms with E-state index in [2.05, 4.69) is 0 Å². The zero-order chi connectivity index (χ0) is 9.42. The highest BCUT2D eigenvalue weighted by Gasteiger charge is 2.06. The van der Waals surface area contributed by atoms with Crippen molar-refractivity contribution >= 4 is 38.7 Å². The minimum absolute atomic E-state index is 0.286. The largest absolute Gasteiger partial charge is 0.499 e. The van der Waals surface area contributed by atoms with Gasteiger partial charge in [0.2, 0.25) is 0 Å². The van der Waals surface area contributed by atoms with Gasteiger partial charge in [-0.1, -0.05) is 17.4 Å². The molecule has 0 aliphatic carbocycles. The van der Waals surface area contributed by atoms with Crippen molar-refractivity contribution in [2.75, 3.05) is 5.73 Å². The van der Waals surface area contributed by atoms with Crippen LogP contribution in [0.4, 0.5) is 5.69 Å². The summed E-state index contributed by atoms with van der Waals surface area (Å²) in [6.07, 6.45) is 0. The number of nitrogen functional groups attached to an aromatic ring is 1. The van der Waals surface area contributed by atoms with E-state index in [4.69, 9.17) is 17.3 Å². The molecule has 13 heavy (non-hydrogen) atoms. The van der Waals surface area contributed by atoms with Gasteiger partial charge in [-0.3, -0.25) is 0 Å². The molecular weight excluding hydrogens is 206 g/mol. The van der Waals surface area contributed by atoms with Crippen LogP contribution in [0.1, 0.15) is 5.56 Å². The van der Waals surface area contributed by atoms with Crippen molar-refractivity contribution in [3.05, 3.63) is 23.8 Å². The van der Waals surface area contributed by atoms with Crippen molar-refractivity contribution < 1.29 is 5.11 Å². The van der Waals surface area contributed by atoms with Gasteiger partial charge in [-0.2, -0.15) is 0 Å². The monoisotopic (exact) mass is 213 g/mol. The Labute approximate surface area is 84.6 Å². The number of halogens is 1. The summed E-state index contributed by atoms with van der Waals surface area (Å²) >= 11 is 7.02. The molecule has 2 rings (SSSR count). The Morgan fingerprint density at radius 2 is 2.23 bits per heavy atom. The molecule has 0 bridgehead atoms. The fourth-order valence-corrected chi connectivity index (χ4v) is 2.33. The second-order valence-corrected chi connectivity index (χ2v) is 4.10. The van der Waals surface area contributed by atoms with Crippen LogP contribution in [-0.2, 0) is 5.88 Å². The van der Waals surface area contributed by atoms with Crippen LogP contribution in [-0.4, -0.2) is 5.11 Å². The first-order valence-electron chi connectivity index (χ1n) is 3.78. The molecule has 2 nitrogen and oxygen atoms in total. The van der Waals surface area contributed by atoms with Crippen LogP contribution in [0.2, 0.25) is 0 Å². The molecule has 68 valence electrons. The molecule has 0 spiro atoms. The van der Waals surface area contributed by atoms with E-state index in [0.717, 1.165) is 15.6 Å². The van der Waals surface area contributed by atoms with E-state index >= 15 is 0 Å². The highest BCUT2D eigenvalue weighted by Crippen LogP contribution is 2.35. The molecule has 1 heterocycles. The standard InChI is InChI=1S/C9H8ClNOS/c10-4-5-1-2-7-6(9(5)11)3-8(12)13-7/h1-3,12H,4,11H2. The van der Waals surface area contributed by atoms with E-state index in [-0.39, 0.29) is 5.06 Å². The topological polar surface area (TPSA) is 46.2 Å². The molecule has 0 unspecified atom stereocenters. The van der Waals surface area contributed by atoms with Gasteiger partial charge >= 0.3 is 0 Å². The minimum atomic E-state index is 0.286. The number of hydrogen-bond acceptors (Lipinski definition) is 3. The minimum Gasteiger partial charge on any atom is -0.499 e. The average molecular weight is 214 g/mol. The molecule has 1 aromatic carbocycles. The molecule has 0 radical (unpaired) electrons. The first-order chi connectivity index (χ1) is 6.22. The van der Waals surface area contributed by atoms with Crippen LogP contribution in [0.3, 0.4) is 0 Å². The molecule has 0 aliphatic heterocycles. The summed E-state index contributed by atoms with van der Waals surface area (Å²) in [7, 11) is 0. The Morgan fingerprint density at radius 3 is 2.92 bits per heavy atom. The molecule has 3 N–H and O–H groups in total. The van der Waals surface area contributed by atoms with Crippen molar-refractivity contribution in [1.29, 1.82) is 0 Å². The van der Waals surface area contributed by atoms with Gasteiger partial charge in [0.25, 0.3) is 0 Å². The van der Waals surface area contributed by atoms with Crippen molar-refractivity contribution in [2.45, 2.75) is 5.88 Å². The molecule has 0 aliphatic rings. The van der Waals surface area contributed by atoms with Crippen molar-refractivity contribution in [3.63, 3.8) is 0 Å². The maximum Gasteiger partial charge on any atom is 0.172 e. The maximum absolute atomic E-state index is 9.27. The van der Waals surface area contributed by atoms with E-state index in [1.165, 1.54) is 11.3 Å². The lowest BCUT2D eigenvalue weighted by atomic mass is 10.1. The van der Waals surface area contributed by atoms with Gasteiger partial charge in [0.05, 0.1) is 0 Å². The number of aromatic hydroxyl groups is 1. The summed E-state index contributed by atoms with van der Waals surface area (Å²) in [5, 5.41) is 10.4. The van der Waals surface area contributed by atoms with Crippen LogP contribution in [0, 0.1) is 0 Å². The van der Waals surface area contributed by atoms with Gasteiger partial charge in [0.15, 0.2) is 5.06 Å². The lowest BCUT2D eigenvalue weighted by Crippen LogP contribution is -1.91. The van der Waals surface area contributed by atoms with Gasteiger partial charge in [-0.15, -0.1) is 11.6 Å². The van der Waals surface area contributed by atoms with Gasteiger partial charge in [-0.05, 0) is 11.6 Å². The Balaban J connectivity index is 2.78. The van der Waals surface area contributed by atoms with Crippen LogP contribution < -0.4 is 5.73 Å². The van der Waals surface area contributed by atoms with E-state index in [0.29, 0.717) is 11.6 Å². The fourth-order valence-electron chi connectivity index (χ4n) is 1.28. The second kappa shape index (κ2) is 3.09. The van der Waals surface area contributed by atoms with Gasteiger partial charge in [-0.25, -0.2) is 0 Å². The van der Waals surface area contributed by atoms with E-state index in [9.17, 15) is 5.11 Å². The summed E-state index contributed by atoms with van der Waals surface area (Å²) in [6.45, 7) is 0. The quantitative estimate of drug-likeness (QED) is 0.565. The Hall–Kier alpha value is -0.930. The SMILES string of the molecule is Nc1c(CCl)ccc2sc(O)cc12. The molecule has 0 saturated heterocycles. The van der Waals surface area contributed by atoms with E-state index in [1.54, 1.807) is 6.07 Å². The zero-order valence-electron chi connectivity index (χ0n) is 6.75. The molecule has 4 heteroatoms. The number of fused-ring (bicyclic) bond motifs is 1. The summed E-state index contributed by atoms with van der Waals surface area (Å²) in [5.41, 5.74) is 7.43. The highest BCUT2D eigenvalue weighted by atomic mass is 35.5. The molecule has 0 fully saturated rings. The van der Waals surface area contributed by atoms with Gasteiger partial charge in [0.1, 0.15) is 0 Å². The third kappa shape index (κ3) is 1.34.